The second kappa shape index (κ2) is 33.4. The van der Waals surface area contributed by atoms with Crippen LogP contribution in [0.1, 0.15) is 33.4 Å². The maximum Gasteiger partial charge on any atom is 0.299 e. The second-order valence-corrected chi connectivity index (χ2v) is 32.9. The van der Waals surface area contributed by atoms with Gasteiger partial charge in [0.15, 0.2) is 14.3 Å². The summed E-state index contributed by atoms with van der Waals surface area (Å²) >= 11 is 0. The van der Waals surface area contributed by atoms with Crippen molar-refractivity contribution in [3.05, 3.63) is 434 Å². The predicted molar refractivity (Wildman–Crippen MR) is 409 cm³/mol. The van der Waals surface area contributed by atoms with Gasteiger partial charge in [0.1, 0.15) is 0 Å². The Morgan fingerprint density at radius 1 is 0.218 bits per heavy atom. The van der Waals surface area contributed by atoms with Crippen LogP contribution in [-0.2, 0) is 26.9 Å². The van der Waals surface area contributed by atoms with Crippen LogP contribution >= 0.6 is 30.1 Å². The van der Waals surface area contributed by atoms with Gasteiger partial charge in [0.05, 0.1) is 0 Å². The van der Waals surface area contributed by atoms with Crippen LogP contribution in [0.4, 0.5) is 26.3 Å². The highest BCUT2D eigenvalue weighted by Crippen LogP contribution is 2.51. The minimum atomic E-state index is -3.75. The summed E-state index contributed by atoms with van der Waals surface area (Å²) in [5, 5.41) is 19.4. The van der Waals surface area contributed by atoms with Gasteiger partial charge in [0.25, 0.3) is 17.8 Å². The van der Waals surface area contributed by atoms with Crippen LogP contribution in [-0.4, -0.2) is 10.5 Å². The Kier molecular flexibility index (Phi) is 23.8. The summed E-state index contributed by atoms with van der Waals surface area (Å²) in [5.74, 6) is -9.78. The van der Waals surface area contributed by atoms with Gasteiger partial charge in [-0.3, -0.25) is 10.5 Å². The largest absolute Gasteiger partial charge is 0.309 e. The molecular formula is C87H68F6O4P4. The van der Waals surface area contributed by atoms with Crippen LogP contribution in [0.15, 0.2) is 400 Å². The monoisotopic (exact) mass is 1410 g/mol. The molecule has 14 heteroatoms. The molecule has 0 aliphatic heterocycles. The lowest BCUT2D eigenvalue weighted by molar-refractivity contribution is -0.176. The van der Waals surface area contributed by atoms with Crippen molar-refractivity contribution in [1.82, 2.24) is 0 Å². The Bertz CT molecular complexity index is 4520. The van der Waals surface area contributed by atoms with E-state index in [1.807, 2.05) is 146 Å². The molecule has 14 aromatic rings. The van der Waals surface area contributed by atoms with Crippen molar-refractivity contribution in [1.29, 1.82) is 0 Å². The minimum Gasteiger partial charge on any atom is -0.309 e. The average molecular weight is 1420 g/mol. The van der Waals surface area contributed by atoms with E-state index in [0.717, 1.165) is 21.2 Å². The Balaban J connectivity index is 0.000000166. The lowest BCUT2D eigenvalue weighted by Crippen LogP contribution is -2.36. The van der Waals surface area contributed by atoms with Crippen molar-refractivity contribution in [3.8, 4) is 0 Å². The lowest BCUT2D eigenvalue weighted by atomic mass is 10.0. The minimum absolute atomic E-state index is 0.0243. The highest BCUT2D eigenvalue weighted by Gasteiger charge is 2.47. The Labute approximate surface area is 587 Å². The number of benzene rings is 14. The van der Waals surface area contributed by atoms with E-state index >= 15 is 26.7 Å². The molecule has 0 spiro atoms. The zero-order valence-electron chi connectivity index (χ0n) is 54.4. The summed E-state index contributed by atoms with van der Waals surface area (Å²) in [6.07, 6.45) is 0. The maximum atomic E-state index is 17.3. The van der Waals surface area contributed by atoms with Gasteiger partial charge in [-0.2, -0.15) is 26.3 Å². The normalized spacial score (nSPS) is 11.6. The number of rotatable bonds is 18. The number of hydrogen-bond acceptors (Lipinski definition) is 4. The Morgan fingerprint density at radius 3 is 0.663 bits per heavy atom. The standard InChI is InChI=1S/C37H28F2O2P2.C37H28F2P2.C13H10F2.H2O2/c38-37(39,33-25-13-15-27-35(33)42(40,29-17-5-1-6-18-29)30-19-7-2-8-20-30)34-26-14-16-28-36(34)43(41,31-21-9-3-10-22-31)32-23-11-4-12-24-32;38-37(39,33-25-13-15-27-35(33)40(29-17-5-1-6-18-29)30-19-7-2-8-20-30)34-26-14-16-28-36(34)41(31-21-9-3-10-22-31)32-23-11-4-12-24-32;14-13(15,11-7-3-1-4-8-11)12-9-5-2-6-10-12;1-2/h1-28H;1-28H;1-10H;1-2H. The molecule has 0 radical (unpaired) electrons. The molecule has 0 atom stereocenters. The van der Waals surface area contributed by atoms with E-state index < -0.39 is 47.9 Å². The molecule has 0 heterocycles. The fourth-order valence-electron chi connectivity index (χ4n) is 12.2. The Morgan fingerprint density at radius 2 is 0.406 bits per heavy atom. The SMILES string of the molecule is FC(F)(c1ccccc1)c1ccccc1.FC(F)(c1ccccc1P(c1ccccc1)c1ccccc1)c1ccccc1P(c1ccccc1)c1ccccc1.O=P(c1ccccc1)(c1ccccc1)c1ccccc1C(F)(F)c1ccccc1P(=O)(c1ccccc1)c1ccccc1.OO. The fraction of sp³-hybridized carbons (Fsp3) is 0.0345. The quantitative estimate of drug-likeness (QED) is 0.0389. The molecule has 0 saturated heterocycles. The molecule has 0 unspecified atom stereocenters. The zero-order chi connectivity index (χ0) is 70.7. The predicted octanol–water partition coefficient (Wildman–Crippen LogP) is 18.3. The summed E-state index contributed by atoms with van der Waals surface area (Å²) in [4.78, 5) is 0. The maximum absolute atomic E-state index is 17.3. The van der Waals surface area contributed by atoms with Crippen LogP contribution in [0.5, 0.6) is 0 Å². The van der Waals surface area contributed by atoms with E-state index in [9.17, 15) is 8.78 Å². The molecule has 0 aromatic heterocycles. The third kappa shape index (κ3) is 15.8. The molecule has 0 aliphatic rings. The molecule has 0 aliphatic carbocycles. The van der Waals surface area contributed by atoms with Crippen molar-refractivity contribution in [3.63, 3.8) is 0 Å². The fourth-order valence-corrected chi connectivity index (χ4v) is 23.0. The molecule has 2 N–H and O–H groups in total. The van der Waals surface area contributed by atoms with Crippen molar-refractivity contribution in [2.45, 2.75) is 17.8 Å². The third-order valence-electron chi connectivity index (χ3n) is 16.9. The van der Waals surface area contributed by atoms with Gasteiger partial charge < -0.3 is 9.13 Å². The number of halogens is 6. The molecule has 0 bridgehead atoms. The van der Waals surface area contributed by atoms with E-state index in [-0.39, 0.29) is 44.0 Å². The molecule has 14 aromatic carbocycles. The first-order chi connectivity index (χ1) is 49.2. The van der Waals surface area contributed by atoms with Gasteiger partial charge in [-0.25, -0.2) is 0 Å². The first-order valence-electron chi connectivity index (χ1n) is 32.3. The topological polar surface area (TPSA) is 74.6 Å². The molecule has 14 rings (SSSR count). The number of alkyl halides is 6. The molecule has 101 heavy (non-hydrogen) atoms. The van der Waals surface area contributed by atoms with Crippen LogP contribution in [0, 0.1) is 0 Å². The van der Waals surface area contributed by atoms with Crippen LogP contribution in [0.25, 0.3) is 0 Å². The van der Waals surface area contributed by atoms with E-state index in [4.69, 9.17) is 10.5 Å². The second-order valence-electron chi connectivity index (χ2n) is 23.1. The molecule has 0 saturated carbocycles. The number of hydrogen-bond donors (Lipinski definition) is 2. The van der Waals surface area contributed by atoms with Crippen molar-refractivity contribution < 1.29 is 46.0 Å². The molecular weight excluding hydrogens is 1350 g/mol. The van der Waals surface area contributed by atoms with Gasteiger partial charge in [-0.05, 0) is 47.7 Å². The average Bonchev–Trinajstić information content (AvgIpc) is 0.739. The smallest absolute Gasteiger partial charge is 0.299 e. The van der Waals surface area contributed by atoms with E-state index in [1.165, 1.54) is 60.7 Å². The van der Waals surface area contributed by atoms with Crippen LogP contribution < -0.4 is 63.7 Å². The summed E-state index contributed by atoms with van der Waals surface area (Å²) < 4.78 is 127. The first kappa shape index (κ1) is 72.2. The van der Waals surface area contributed by atoms with Crippen molar-refractivity contribution >= 4 is 93.8 Å². The summed E-state index contributed by atoms with van der Waals surface area (Å²) in [6.45, 7) is 0. The van der Waals surface area contributed by atoms with Crippen molar-refractivity contribution in [2.75, 3.05) is 0 Å². The van der Waals surface area contributed by atoms with E-state index in [2.05, 4.69) is 0 Å². The van der Waals surface area contributed by atoms with E-state index in [1.54, 1.807) is 194 Å². The molecule has 0 fully saturated rings. The molecule has 4 nitrogen and oxygen atoms in total. The van der Waals surface area contributed by atoms with Crippen LogP contribution in [0.2, 0.25) is 0 Å². The Hall–Kier alpha value is -10.1. The summed E-state index contributed by atoms with van der Waals surface area (Å²) in [5.41, 5.74) is -0.602. The summed E-state index contributed by atoms with van der Waals surface area (Å²) in [7, 11) is -9.92. The van der Waals surface area contributed by atoms with Gasteiger partial charge in [0, 0.05) is 65.2 Å². The summed E-state index contributed by atoms with van der Waals surface area (Å²) in [6, 6.07) is 117. The third-order valence-corrected chi connectivity index (χ3v) is 28.2. The van der Waals surface area contributed by atoms with Crippen LogP contribution in [0.3, 0.4) is 0 Å². The highest BCUT2D eigenvalue weighted by atomic mass is 31.2. The van der Waals surface area contributed by atoms with Gasteiger partial charge in [0.2, 0.25) is 0 Å². The zero-order valence-corrected chi connectivity index (χ0v) is 58.0. The first-order valence-corrected chi connectivity index (χ1v) is 38.4. The van der Waals surface area contributed by atoms with Crippen molar-refractivity contribution in [2.24, 2.45) is 0 Å². The molecule has 502 valence electrons. The molecule has 0 amide bonds. The van der Waals surface area contributed by atoms with Gasteiger partial charge in [-0.15, -0.1) is 0 Å². The van der Waals surface area contributed by atoms with Gasteiger partial charge in [-0.1, -0.05) is 400 Å². The van der Waals surface area contributed by atoms with E-state index in [0.29, 0.717) is 31.8 Å². The highest BCUT2D eigenvalue weighted by molar-refractivity contribution is 7.86. The lowest BCUT2D eigenvalue weighted by Gasteiger charge is -2.29. The van der Waals surface area contributed by atoms with Gasteiger partial charge >= 0.3 is 0 Å².